The summed E-state index contributed by atoms with van der Waals surface area (Å²) in [4.78, 5) is 44.5. The van der Waals surface area contributed by atoms with Gasteiger partial charge < -0.3 is 14.7 Å². The minimum Gasteiger partial charge on any atom is -0.502 e. The van der Waals surface area contributed by atoms with Crippen LogP contribution in [0.4, 0.5) is 0 Å². The molecular formula is C18H26N4O6. The van der Waals surface area contributed by atoms with Gasteiger partial charge in [0, 0.05) is 26.9 Å². The highest BCUT2D eigenvalue weighted by Gasteiger charge is 2.33. The van der Waals surface area contributed by atoms with Crippen molar-refractivity contribution in [3.8, 4) is 5.75 Å². The first kappa shape index (κ1) is 20.2. The number of hydroxylamine groups is 1. The molecule has 0 spiro atoms. The largest absolute Gasteiger partial charge is 0.502 e. The highest BCUT2D eigenvalue weighted by Crippen LogP contribution is 2.21. The summed E-state index contributed by atoms with van der Waals surface area (Å²) in [7, 11) is 3.20. The second-order valence-corrected chi connectivity index (χ2v) is 7.08. The van der Waals surface area contributed by atoms with E-state index in [9.17, 15) is 19.5 Å². The predicted molar refractivity (Wildman–Crippen MR) is 99.7 cm³/mol. The first-order chi connectivity index (χ1) is 13.4. The van der Waals surface area contributed by atoms with Crippen molar-refractivity contribution in [1.29, 1.82) is 0 Å². The molecule has 1 aliphatic heterocycles. The molecule has 3 rings (SSSR count). The Morgan fingerprint density at radius 2 is 2.00 bits per heavy atom. The molecule has 10 heteroatoms. The summed E-state index contributed by atoms with van der Waals surface area (Å²) in [6.45, 7) is 0.853. The van der Waals surface area contributed by atoms with E-state index in [0.717, 1.165) is 32.1 Å². The second kappa shape index (κ2) is 8.61. The van der Waals surface area contributed by atoms with Gasteiger partial charge in [-0.05, 0) is 12.8 Å². The van der Waals surface area contributed by atoms with E-state index in [0.29, 0.717) is 13.2 Å². The predicted octanol–water partition coefficient (Wildman–Crippen LogP) is 0.176. The molecule has 1 aliphatic carbocycles. The van der Waals surface area contributed by atoms with Crippen LogP contribution in [0.3, 0.4) is 0 Å². The molecule has 0 saturated heterocycles. The number of aromatic nitrogens is 1. The summed E-state index contributed by atoms with van der Waals surface area (Å²) >= 11 is 0. The first-order valence-corrected chi connectivity index (χ1v) is 9.38. The maximum absolute atomic E-state index is 12.7. The Balaban J connectivity index is 1.82. The number of nitrogens with zero attached hydrogens (tertiary/aromatic N) is 3. The zero-order chi connectivity index (χ0) is 20.3. The van der Waals surface area contributed by atoms with Crippen LogP contribution in [0.25, 0.3) is 0 Å². The minimum absolute atomic E-state index is 0.0785. The van der Waals surface area contributed by atoms with Crippen LogP contribution < -0.4 is 15.9 Å². The summed E-state index contributed by atoms with van der Waals surface area (Å²) in [5, 5.41) is 12.0. The van der Waals surface area contributed by atoms with E-state index in [-0.39, 0.29) is 24.0 Å². The summed E-state index contributed by atoms with van der Waals surface area (Å²) < 4.78 is 6.30. The first-order valence-electron chi connectivity index (χ1n) is 9.38. The highest BCUT2D eigenvalue weighted by atomic mass is 16.7. The topological polar surface area (TPSA) is 113 Å². The van der Waals surface area contributed by atoms with Crippen molar-refractivity contribution in [3.05, 3.63) is 27.7 Å². The van der Waals surface area contributed by atoms with E-state index in [1.54, 1.807) is 12.1 Å². The van der Waals surface area contributed by atoms with Crippen molar-refractivity contribution in [2.45, 2.75) is 38.2 Å². The lowest BCUT2D eigenvalue weighted by molar-refractivity contribution is -0.0313. The van der Waals surface area contributed by atoms with Gasteiger partial charge in [-0.1, -0.05) is 19.3 Å². The van der Waals surface area contributed by atoms with E-state index >= 15 is 0 Å². The zero-order valence-electron chi connectivity index (χ0n) is 16.1. The molecule has 0 aromatic carbocycles. The van der Waals surface area contributed by atoms with Gasteiger partial charge in [-0.15, -0.1) is 0 Å². The number of fused-ring (bicyclic) bond motifs is 1. The van der Waals surface area contributed by atoms with Crippen LogP contribution >= 0.6 is 0 Å². The average Bonchev–Trinajstić information content (AvgIpc) is 2.70. The molecule has 0 unspecified atom stereocenters. The molecule has 0 atom stereocenters. The fourth-order valence-corrected chi connectivity index (χ4v) is 3.50. The molecule has 1 saturated carbocycles. The molecule has 2 aliphatic rings. The van der Waals surface area contributed by atoms with Gasteiger partial charge in [-0.3, -0.25) is 28.9 Å². The number of carbonyl (C=O) groups is 2. The Morgan fingerprint density at radius 1 is 1.29 bits per heavy atom. The number of nitrogens with one attached hydrogen (secondary N) is 1. The molecule has 2 amide bonds. The number of methoxy groups -OCH3 is 1. The van der Waals surface area contributed by atoms with Gasteiger partial charge in [0.15, 0.2) is 11.4 Å². The van der Waals surface area contributed by atoms with Crippen LogP contribution in [0.15, 0.2) is 11.0 Å². The Bertz CT molecular complexity index is 802. The minimum atomic E-state index is -0.911. The molecule has 2 heterocycles. The lowest BCUT2D eigenvalue weighted by Gasteiger charge is -2.37. The standard InChI is InChI=1S/C18H26N4O6/c1-20-11-21(8-9-27-2)18(26)14-16(24)15(23)13(10-22(14)20)17(25)19-28-12-6-4-3-5-7-12/h10,12,24H,3-9,11H2,1-2H3,(H,19,25). The van der Waals surface area contributed by atoms with Gasteiger partial charge in [0.1, 0.15) is 12.2 Å². The molecule has 0 radical (unpaired) electrons. The van der Waals surface area contributed by atoms with Gasteiger partial charge in [-0.25, -0.2) is 5.48 Å². The molecule has 1 fully saturated rings. The third kappa shape index (κ3) is 3.97. The smallest absolute Gasteiger partial charge is 0.280 e. The molecule has 0 bridgehead atoms. The van der Waals surface area contributed by atoms with E-state index < -0.39 is 23.0 Å². The van der Waals surface area contributed by atoms with Gasteiger partial charge in [0.25, 0.3) is 11.8 Å². The number of ether oxygens (including phenoxy) is 1. The second-order valence-electron chi connectivity index (χ2n) is 7.08. The lowest BCUT2D eigenvalue weighted by atomic mass is 9.98. The SMILES string of the molecule is COCCN1CN(C)n2cc(C(=O)NOC3CCCCC3)c(=O)c(O)c2C1=O. The van der Waals surface area contributed by atoms with Crippen molar-refractivity contribution >= 4 is 11.8 Å². The van der Waals surface area contributed by atoms with Crippen molar-refractivity contribution in [3.63, 3.8) is 0 Å². The normalized spacial score (nSPS) is 17.6. The van der Waals surface area contributed by atoms with Gasteiger partial charge in [0.05, 0.1) is 12.7 Å². The van der Waals surface area contributed by atoms with Crippen LogP contribution in [-0.4, -0.2) is 66.6 Å². The highest BCUT2D eigenvalue weighted by molar-refractivity contribution is 5.99. The quantitative estimate of drug-likeness (QED) is 0.662. The Kier molecular flexibility index (Phi) is 6.20. The summed E-state index contributed by atoms with van der Waals surface area (Å²) in [5.74, 6) is -2.01. The zero-order valence-corrected chi connectivity index (χ0v) is 16.1. The molecule has 1 aromatic rings. The number of hydrogen-bond donors (Lipinski definition) is 2. The maximum atomic E-state index is 12.7. The number of hydrogen-bond acceptors (Lipinski definition) is 7. The molecule has 154 valence electrons. The fraction of sp³-hybridized carbons (Fsp3) is 0.611. The Labute approximate surface area is 162 Å². The average molecular weight is 394 g/mol. The van der Waals surface area contributed by atoms with Crippen molar-refractivity contribution in [2.75, 3.05) is 39.0 Å². The molecule has 10 nitrogen and oxygen atoms in total. The van der Waals surface area contributed by atoms with Crippen molar-refractivity contribution < 1.29 is 24.3 Å². The van der Waals surface area contributed by atoms with Crippen LogP contribution in [0.1, 0.15) is 53.0 Å². The molecular weight excluding hydrogens is 368 g/mol. The third-order valence-electron chi connectivity index (χ3n) is 5.08. The van der Waals surface area contributed by atoms with Crippen LogP contribution in [0.5, 0.6) is 5.75 Å². The van der Waals surface area contributed by atoms with E-state index in [2.05, 4.69) is 5.48 Å². The summed E-state index contributed by atoms with van der Waals surface area (Å²) in [6, 6.07) is 0. The Hall–Kier alpha value is -2.59. The molecule has 28 heavy (non-hydrogen) atoms. The summed E-state index contributed by atoms with van der Waals surface area (Å²) in [6.07, 6.45) is 6.10. The molecule has 2 N–H and O–H groups in total. The van der Waals surface area contributed by atoms with Crippen LogP contribution in [0.2, 0.25) is 0 Å². The van der Waals surface area contributed by atoms with Crippen LogP contribution in [-0.2, 0) is 9.57 Å². The van der Waals surface area contributed by atoms with E-state index in [1.165, 1.54) is 22.9 Å². The Morgan fingerprint density at radius 3 is 2.68 bits per heavy atom. The number of amides is 2. The molecule has 1 aromatic heterocycles. The third-order valence-corrected chi connectivity index (χ3v) is 5.08. The van der Waals surface area contributed by atoms with E-state index in [1.807, 2.05) is 0 Å². The number of pyridine rings is 1. The fourth-order valence-electron chi connectivity index (χ4n) is 3.50. The number of carbonyl (C=O) groups excluding carboxylic acids is 2. The lowest BCUT2D eigenvalue weighted by Crippen LogP contribution is -2.53. The van der Waals surface area contributed by atoms with E-state index in [4.69, 9.17) is 9.57 Å². The van der Waals surface area contributed by atoms with Gasteiger partial charge in [0.2, 0.25) is 5.43 Å². The number of rotatable bonds is 6. The van der Waals surface area contributed by atoms with Gasteiger partial charge in [-0.2, -0.15) is 0 Å². The maximum Gasteiger partial charge on any atom is 0.280 e. The van der Waals surface area contributed by atoms with Crippen molar-refractivity contribution in [1.82, 2.24) is 15.1 Å². The van der Waals surface area contributed by atoms with Crippen molar-refractivity contribution in [2.24, 2.45) is 0 Å². The number of aromatic hydroxyl groups is 1. The van der Waals surface area contributed by atoms with Crippen LogP contribution in [0, 0.1) is 0 Å². The monoisotopic (exact) mass is 394 g/mol. The summed E-state index contributed by atoms with van der Waals surface area (Å²) in [5.41, 5.74) is 0.931. The van der Waals surface area contributed by atoms with Gasteiger partial charge >= 0.3 is 0 Å².